The fourth-order valence-corrected chi connectivity index (χ4v) is 3.56. The van der Waals surface area contributed by atoms with Gasteiger partial charge in [0.1, 0.15) is 30.2 Å². The van der Waals surface area contributed by atoms with Crippen LogP contribution in [0.3, 0.4) is 0 Å². The third-order valence-electron chi connectivity index (χ3n) is 5.44. The van der Waals surface area contributed by atoms with Crippen molar-refractivity contribution in [3.63, 3.8) is 0 Å². The van der Waals surface area contributed by atoms with Crippen LogP contribution in [0.2, 0.25) is 0 Å². The summed E-state index contributed by atoms with van der Waals surface area (Å²) in [5.74, 6) is 1.11. The van der Waals surface area contributed by atoms with Gasteiger partial charge < -0.3 is 40.4 Å². The molecule has 0 bridgehead atoms. The molecule has 1 aromatic carbocycles. The van der Waals surface area contributed by atoms with E-state index in [0.29, 0.717) is 19.6 Å². The van der Waals surface area contributed by atoms with Gasteiger partial charge in [0.25, 0.3) is 0 Å². The number of aromatic nitrogens is 2. The Hall–Kier alpha value is -2.21. The highest BCUT2D eigenvalue weighted by molar-refractivity contribution is 5.39. The van der Waals surface area contributed by atoms with Gasteiger partial charge in [0, 0.05) is 17.7 Å². The van der Waals surface area contributed by atoms with E-state index in [1.54, 1.807) is 0 Å². The molecular formula is C22H33N3O7. The average molecular weight is 452 g/mol. The zero-order valence-corrected chi connectivity index (χ0v) is 18.3. The van der Waals surface area contributed by atoms with E-state index in [2.05, 4.69) is 10.2 Å². The summed E-state index contributed by atoms with van der Waals surface area (Å²) < 4.78 is 16.9. The molecule has 7 N–H and O–H groups in total. The summed E-state index contributed by atoms with van der Waals surface area (Å²) in [6, 6.07) is 7.68. The normalized spacial score (nSPS) is 25.8. The van der Waals surface area contributed by atoms with Gasteiger partial charge in [-0.05, 0) is 36.6 Å². The van der Waals surface area contributed by atoms with Gasteiger partial charge in [-0.2, -0.15) is 0 Å². The lowest BCUT2D eigenvalue weighted by atomic mass is 9.98. The lowest BCUT2D eigenvalue weighted by molar-refractivity contribution is -0.278. The van der Waals surface area contributed by atoms with Crippen LogP contribution in [0.5, 0.6) is 11.6 Å². The van der Waals surface area contributed by atoms with Crippen molar-refractivity contribution in [1.82, 2.24) is 10.2 Å². The van der Waals surface area contributed by atoms with Crippen molar-refractivity contribution in [1.29, 1.82) is 0 Å². The average Bonchev–Trinajstić information content (AvgIpc) is 3.17. The largest absolute Gasteiger partial charge is 0.494 e. The number of aliphatic hydroxyl groups is 4. The van der Waals surface area contributed by atoms with Crippen LogP contribution in [0, 0.1) is 0 Å². The van der Waals surface area contributed by atoms with Crippen molar-refractivity contribution in [2.45, 2.75) is 63.3 Å². The van der Waals surface area contributed by atoms with Gasteiger partial charge in [-0.25, -0.2) is 0 Å². The van der Waals surface area contributed by atoms with Crippen LogP contribution in [0.25, 0.3) is 0 Å². The van der Waals surface area contributed by atoms with E-state index in [0.717, 1.165) is 29.0 Å². The van der Waals surface area contributed by atoms with Gasteiger partial charge in [0.05, 0.1) is 13.2 Å². The molecule has 1 fully saturated rings. The lowest BCUT2D eigenvalue weighted by Gasteiger charge is -2.39. The first kappa shape index (κ1) is 24.4. The van der Waals surface area contributed by atoms with E-state index >= 15 is 0 Å². The number of aliphatic hydroxyl groups excluding tert-OH is 4. The predicted molar refractivity (Wildman–Crippen MR) is 115 cm³/mol. The van der Waals surface area contributed by atoms with Crippen LogP contribution in [-0.4, -0.2) is 81.1 Å². The molecule has 3 rings (SSSR count). The Morgan fingerprint density at radius 2 is 1.84 bits per heavy atom. The molecule has 0 spiro atoms. The standard InChI is InChI=1S/C22H33N3O7/c1-12(2)17-15(10-13-4-6-14(7-5-13)30-9-3-8-23)21(25-24-17)32-22-20(29)19(28)18(27)16(11-26)31-22/h4-7,12,16,18-20,22,26-29H,3,8-11,23H2,1-2H3,(H,24,25)/t16-,18-,19+,20-,22+/m1/s1. The molecule has 0 saturated carbocycles. The molecule has 1 aliphatic rings. The molecule has 1 saturated heterocycles. The topological polar surface area (TPSA) is 163 Å². The fourth-order valence-electron chi connectivity index (χ4n) is 3.56. The van der Waals surface area contributed by atoms with Gasteiger partial charge in [0.15, 0.2) is 0 Å². The summed E-state index contributed by atoms with van der Waals surface area (Å²) >= 11 is 0. The van der Waals surface area contributed by atoms with Crippen LogP contribution in [0.15, 0.2) is 24.3 Å². The summed E-state index contributed by atoms with van der Waals surface area (Å²) in [4.78, 5) is 0. The Morgan fingerprint density at radius 3 is 2.47 bits per heavy atom. The minimum absolute atomic E-state index is 0.128. The maximum Gasteiger partial charge on any atom is 0.238 e. The molecule has 5 atom stereocenters. The number of H-pyrrole nitrogens is 1. The molecule has 1 aromatic heterocycles. The molecule has 10 heteroatoms. The molecule has 32 heavy (non-hydrogen) atoms. The molecular weight excluding hydrogens is 418 g/mol. The van der Waals surface area contributed by atoms with E-state index in [4.69, 9.17) is 19.9 Å². The molecule has 178 valence electrons. The second-order valence-corrected chi connectivity index (χ2v) is 8.20. The Morgan fingerprint density at radius 1 is 1.12 bits per heavy atom. The maximum absolute atomic E-state index is 10.3. The number of benzene rings is 1. The Kier molecular flexibility index (Phi) is 8.46. The molecule has 2 aromatic rings. The maximum atomic E-state index is 10.3. The number of nitrogens with zero attached hydrogens (tertiary/aromatic N) is 1. The summed E-state index contributed by atoms with van der Waals surface area (Å²) in [5, 5.41) is 46.9. The van der Waals surface area contributed by atoms with Gasteiger partial charge in [-0.15, -0.1) is 5.10 Å². The van der Waals surface area contributed by atoms with Gasteiger partial charge in [0.2, 0.25) is 12.2 Å². The monoisotopic (exact) mass is 451 g/mol. The van der Waals surface area contributed by atoms with Crippen LogP contribution in [-0.2, 0) is 11.2 Å². The Labute approximate surface area is 186 Å². The summed E-state index contributed by atoms with van der Waals surface area (Å²) in [6.45, 7) is 4.64. The predicted octanol–water partition coefficient (Wildman–Crippen LogP) is 0.0302. The lowest BCUT2D eigenvalue weighted by Crippen LogP contribution is -2.60. The van der Waals surface area contributed by atoms with Crippen LogP contribution >= 0.6 is 0 Å². The highest BCUT2D eigenvalue weighted by atomic mass is 16.7. The van der Waals surface area contributed by atoms with E-state index < -0.39 is 37.3 Å². The van der Waals surface area contributed by atoms with E-state index in [1.165, 1.54) is 0 Å². The zero-order valence-electron chi connectivity index (χ0n) is 18.3. The fraction of sp³-hybridized carbons (Fsp3) is 0.591. The molecule has 2 heterocycles. The summed E-state index contributed by atoms with van der Waals surface area (Å²) in [7, 11) is 0. The first-order valence-electron chi connectivity index (χ1n) is 10.8. The molecule has 0 amide bonds. The molecule has 0 aliphatic carbocycles. The highest BCUT2D eigenvalue weighted by Gasteiger charge is 2.45. The van der Waals surface area contributed by atoms with Crippen LogP contribution in [0.1, 0.15) is 43.0 Å². The third kappa shape index (κ3) is 5.58. The SMILES string of the molecule is CC(C)c1[nH]nc(O[C@@H]2O[C@H](CO)[C@@H](O)[C@H](O)[C@H]2O)c1Cc1ccc(OCCCN)cc1. The highest BCUT2D eigenvalue weighted by Crippen LogP contribution is 2.31. The molecule has 0 unspecified atom stereocenters. The molecule has 0 radical (unpaired) electrons. The van der Waals surface area contributed by atoms with Crippen molar-refractivity contribution < 1.29 is 34.6 Å². The summed E-state index contributed by atoms with van der Waals surface area (Å²) in [6.07, 6.45) is -5.56. The minimum atomic E-state index is -1.52. The number of rotatable bonds is 10. The van der Waals surface area contributed by atoms with Crippen molar-refractivity contribution in [3.05, 3.63) is 41.1 Å². The quantitative estimate of drug-likeness (QED) is 0.274. The van der Waals surface area contributed by atoms with E-state index in [9.17, 15) is 20.4 Å². The van der Waals surface area contributed by atoms with Gasteiger partial charge in [-0.1, -0.05) is 26.0 Å². The summed E-state index contributed by atoms with van der Waals surface area (Å²) in [5.41, 5.74) is 8.14. The van der Waals surface area contributed by atoms with Crippen molar-refractivity contribution in [2.24, 2.45) is 5.73 Å². The number of nitrogens with two attached hydrogens (primary N) is 1. The first-order chi connectivity index (χ1) is 15.3. The Bertz CT molecular complexity index is 841. The van der Waals surface area contributed by atoms with Crippen molar-refractivity contribution >= 4 is 0 Å². The van der Waals surface area contributed by atoms with Crippen molar-refractivity contribution in [2.75, 3.05) is 19.8 Å². The Balaban J connectivity index is 1.77. The van der Waals surface area contributed by atoms with Gasteiger partial charge >= 0.3 is 0 Å². The van der Waals surface area contributed by atoms with Crippen LogP contribution < -0.4 is 15.2 Å². The smallest absolute Gasteiger partial charge is 0.238 e. The number of nitrogens with one attached hydrogen (secondary N) is 1. The molecule has 1 aliphatic heterocycles. The van der Waals surface area contributed by atoms with E-state index in [1.807, 2.05) is 38.1 Å². The molecule has 10 nitrogen and oxygen atoms in total. The minimum Gasteiger partial charge on any atom is -0.494 e. The zero-order chi connectivity index (χ0) is 23.3. The third-order valence-corrected chi connectivity index (χ3v) is 5.44. The van der Waals surface area contributed by atoms with E-state index in [-0.39, 0.29) is 11.8 Å². The number of aromatic amines is 1. The number of hydrogen-bond donors (Lipinski definition) is 6. The van der Waals surface area contributed by atoms with Crippen LogP contribution in [0.4, 0.5) is 0 Å². The number of ether oxygens (including phenoxy) is 3. The first-order valence-corrected chi connectivity index (χ1v) is 10.8. The second kappa shape index (κ2) is 11.1. The second-order valence-electron chi connectivity index (χ2n) is 8.20. The van der Waals surface area contributed by atoms with Gasteiger partial charge in [-0.3, -0.25) is 5.10 Å². The number of hydrogen-bond acceptors (Lipinski definition) is 9. The van der Waals surface area contributed by atoms with Crippen molar-refractivity contribution in [3.8, 4) is 11.6 Å².